The van der Waals surface area contributed by atoms with E-state index in [0.717, 1.165) is 29.5 Å². The normalized spacial score (nSPS) is 22.6. The molecular weight excluding hydrogens is 342 g/mol. The summed E-state index contributed by atoms with van der Waals surface area (Å²) in [4.78, 5) is 14.1. The molecule has 0 bridgehead atoms. The van der Waals surface area contributed by atoms with Crippen molar-refractivity contribution in [3.63, 3.8) is 0 Å². The van der Waals surface area contributed by atoms with Crippen LogP contribution in [0, 0.1) is 0 Å². The van der Waals surface area contributed by atoms with Crippen molar-refractivity contribution in [2.75, 3.05) is 6.54 Å². The molecule has 130 valence electrons. The third kappa shape index (κ3) is 3.00. The van der Waals surface area contributed by atoms with Crippen molar-refractivity contribution in [3.05, 3.63) is 58.1 Å². The SMILES string of the molecule is O=C1OC(c2cccc(Cl)c2)CN1C1CCc2cc(O)c(O)cc2C1. The number of phenolic OH excluding ortho intramolecular Hbond substituents is 2. The summed E-state index contributed by atoms with van der Waals surface area (Å²) in [5.74, 6) is -0.223. The van der Waals surface area contributed by atoms with Crippen molar-refractivity contribution >= 4 is 17.7 Å². The fraction of sp³-hybridized carbons (Fsp3) is 0.316. The monoisotopic (exact) mass is 359 g/mol. The number of phenols is 2. The first-order valence-corrected chi connectivity index (χ1v) is 8.65. The lowest BCUT2D eigenvalue weighted by Crippen LogP contribution is -2.40. The lowest BCUT2D eigenvalue weighted by Gasteiger charge is -2.30. The highest BCUT2D eigenvalue weighted by atomic mass is 35.5. The van der Waals surface area contributed by atoms with E-state index in [9.17, 15) is 15.0 Å². The molecule has 2 aliphatic rings. The highest BCUT2D eigenvalue weighted by Crippen LogP contribution is 2.36. The minimum Gasteiger partial charge on any atom is -0.504 e. The van der Waals surface area contributed by atoms with Crippen molar-refractivity contribution in [2.45, 2.75) is 31.4 Å². The number of aryl methyl sites for hydroxylation is 1. The lowest BCUT2D eigenvalue weighted by molar-refractivity contribution is 0.126. The molecule has 1 saturated heterocycles. The van der Waals surface area contributed by atoms with Crippen LogP contribution in [0.4, 0.5) is 4.79 Å². The average Bonchev–Trinajstić information content (AvgIpc) is 2.97. The van der Waals surface area contributed by atoms with E-state index in [1.165, 1.54) is 0 Å². The van der Waals surface area contributed by atoms with Gasteiger partial charge in [-0.05, 0) is 60.2 Å². The third-order valence-corrected chi connectivity index (χ3v) is 5.24. The van der Waals surface area contributed by atoms with E-state index in [-0.39, 0.29) is 29.7 Å². The van der Waals surface area contributed by atoms with Crippen LogP contribution in [0.5, 0.6) is 11.5 Å². The van der Waals surface area contributed by atoms with Gasteiger partial charge in [0.15, 0.2) is 11.5 Å². The fourth-order valence-electron chi connectivity index (χ4n) is 3.69. The number of aromatic hydroxyl groups is 2. The number of carbonyl (C=O) groups is 1. The van der Waals surface area contributed by atoms with E-state index in [4.69, 9.17) is 16.3 Å². The van der Waals surface area contributed by atoms with E-state index < -0.39 is 0 Å². The Labute approximate surface area is 150 Å². The molecule has 4 rings (SSSR count). The Morgan fingerprint density at radius 1 is 1.12 bits per heavy atom. The van der Waals surface area contributed by atoms with Crippen LogP contribution in [0.3, 0.4) is 0 Å². The number of cyclic esters (lactones) is 1. The number of hydrogen-bond acceptors (Lipinski definition) is 4. The summed E-state index contributed by atoms with van der Waals surface area (Å²) in [6, 6.07) is 10.6. The standard InChI is InChI=1S/C19H18ClNO4/c20-14-3-1-2-12(6-14)18-10-21(19(24)25-18)15-5-4-11-8-16(22)17(23)9-13(11)7-15/h1-3,6,8-9,15,18,22-23H,4-5,7,10H2. The van der Waals surface area contributed by atoms with Crippen molar-refractivity contribution in [1.82, 2.24) is 4.90 Å². The van der Waals surface area contributed by atoms with E-state index in [1.807, 2.05) is 18.2 Å². The Hall–Kier alpha value is -2.40. The summed E-state index contributed by atoms with van der Waals surface area (Å²) >= 11 is 6.03. The number of nitrogens with zero attached hydrogens (tertiary/aromatic N) is 1. The van der Waals surface area contributed by atoms with Crippen LogP contribution in [0.15, 0.2) is 36.4 Å². The summed E-state index contributed by atoms with van der Waals surface area (Å²) in [6.07, 6.45) is 1.55. The minimum atomic E-state index is -0.319. The van der Waals surface area contributed by atoms with Gasteiger partial charge >= 0.3 is 6.09 Å². The molecule has 2 aromatic carbocycles. The van der Waals surface area contributed by atoms with Crippen LogP contribution in [-0.2, 0) is 17.6 Å². The highest BCUT2D eigenvalue weighted by Gasteiger charge is 2.38. The fourth-order valence-corrected chi connectivity index (χ4v) is 3.89. The predicted octanol–water partition coefficient (Wildman–Crippen LogP) is 3.80. The van der Waals surface area contributed by atoms with E-state index in [0.29, 0.717) is 18.0 Å². The Bertz CT molecular complexity index is 838. The van der Waals surface area contributed by atoms with Crippen molar-refractivity contribution in [1.29, 1.82) is 0 Å². The third-order valence-electron chi connectivity index (χ3n) is 5.00. The molecule has 1 aliphatic heterocycles. The van der Waals surface area contributed by atoms with Crippen molar-refractivity contribution in [2.24, 2.45) is 0 Å². The molecule has 0 aromatic heterocycles. The number of benzene rings is 2. The van der Waals surface area contributed by atoms with E-state index in [2.05, 4.69) is 0 Å². The number of hydrogen-bond donors (Lipinski definition) is 2. The first-order valence-electron chi connectivity index (χ1n) is 8.27. The zero-order valence-electron chi connectivity index (χ0n) is 13.5. The summed E-state index contributed by atoms with van der Waals surface area (Å²) in [7, 11) is 0. The first-order chi connectivity index (χ1) is 12.0. The van der Waals surface area contributed by atoms with Gasteiger partial charge in [-0.25, -0.2) is 4.79 Å². The molecule has 0 spiro atoms. The number of ether oxygens (including phenoxy) is 1. The van der Waals surface area contributed by atoms with Crippen LogP contribution >= 0.6 is 11.6 Å². The van der Waals surface area contributed by atoms with Crippen LogP contribution in [0.2, 0.25) is 5.02 Å². The van der Waals surface area contributed by atoms with Gasteiger partial charge in [-0.2, -0.15) is 0 Å². The quantitative estimate of drug-likeness (QED) is 0.800. The Kier molecular flexibility index (Phi) is 3.96. The number of halogens is 1. The van der Waals surface area contributed by atoms with Crippen LogP contribution < -0.4 is 0 Å². The molecule has 1 aliphatic carbocycles. The predicted molar refractivity (Wildman–Crippen MR) is 93.0 cm³/mol. The largest absolute Gasteiger partial charge is 0.504 e. The molecule has 1 fully saturated rings. The Morgan fingerprint density at radius 3 is 2.64 bits per heavy atom. The topological polar surface area (TPSA) is 70.0 Å². The zero-order chi connectivity index (χ0) is 17.6. The lowest BCUT2D eigenvalue weighted by atomic mass is 9.87. The summed E-state index contributed by atoms with van der Waals surface area (Å²) in [5, 5.41) is 20.0. The second-order valence-corrected chi connectivity index (χ2v) is 7.02. The van der Waals surface area contributed by atoms with Gasteiger partial charge in [-0.3, -0.25) is 0 Å². The molecule has 0 radical (unpaired) electrons. The van der Waals surface area contributed by atoms with E-state index >= 15 is 0 Å². The second-order valence-electron chi connectivity index (χ2n) is 6.59. The summed E-state index contributed by atoms with van der Waals surface area (Å²) < 4.78 is 5.54. The smallest absolute Gasteiger partial charge is 0.410 e. The van der Waals surface area contributed by atoms with Gasteiger partial charge in [0.2, 0.25) is 0 Å². The Morgan fingerprint density at radius 2 is 1.88 bits per heavy atom. The first kappa shape index (κ1) is 16.1. The van der Waals surface area contributed by atoms with Gasteiger partial charge in [0.05, 0.1) is 6.54 Å². The number of fused-ring (bicyclic) bond motifs is 1. The maximum Gasteiger partial charge on any atom is 0.410 e. The molecule has 0 saturated carbocycles. The van der Waals surface area contributed by atoms with Crippen LogP contribution in [-0.4, -0.2) is 33.8 Å². The average molecular weight is 360 g/mol. The molecule has 25 heavy (non-hydrogen) atoms. The minimum absolute atomic E-state index is 0.0214. The van der Waals surface area contributed by atoms with Gasteiger partial charge in [-0.15, -0.1) is 0 Å². The van der Waals surface area contributed by atoms with Crippen molar-refractivity contribution in [3.8, 4) is 11.5 Å². The van der Waals surface area contributed by atoms with Gasteiger partial charge in [0.25, 0.3) is 0 Å². The van der Waals surface area contributed by atoms with Crippen molar-refractivity contribution < 1.29 is 19.7 Å². The molecule has 2 atom stereocenters. The van der Waals surface area contributed by atoms with Crippen LogP contribution in [0.25, 0.3) is 0 Å². The molecular formula is C19H18ClNO4. The molecule has 2 N–H and O–H groups in total. The molecule has 6 heteroatoms. The van der Waals surface area contributed by atoms with Gasteiger partial charge in [0, 0.05) is 11.1 Å². The number of carbonyl (C=O) groups excluding carboxylic acids is 1. The number of amides is 1. The summed E-state index contributed by atoms with van der Waals surface area (Å²) in [5.41, 5.74) is 2.87. The maximum atomic E-state index is 12.4. The second kappa shape index (κ2) is 6.15. The van der Waals surface area contributed by atoms with Gasteiger partial charge in [0.1, 0.15) is 6.10 Å². The maximum absolute atomic E-state index is 12.4. The zero-order valence-corrected chi connectivity index (χ0v) is 14.2. The molecule has 2 unspecified atom stereocenters. The summed E-state index contributed by atoms with van der Waals surface area (Å²) in [6.45, 7) is 0.489. The molecule has 1 heterocycles. The van der Waals surface area contributed by atoms with E-state index in [1.54, 1.807) is 23.1 Å². The molecule has 1 amide bonds. The van der Waals surface area contributed by atoms with Gasteiger partial charge < -0.3 is 19.8 Å². The Balaban J connectivity index is 1.53. The van der Waals surface area contributed by atoms with Gasteiger partial charge in [-0.1, -0.05) is 23.7 Å². The highest BCUT2D eigenvalue weighted by molar-refractivity contribution is 6.30. The number of rotatable bonds is 2. The molecule has 5 nitrogen and oxygen atoms in total. The van der Waals surface area contributed by atoms with Crippen LogP contribution in [0.1, 0.15) is 29.2 Å². The molecule has 2 aromatic rings.